The summed E-state index contributed by atoms with van der Waals surface area (Å²) in [6.07, 6.45) is 0. The van der Waals surface area contributed by atoms with Crippen molar-refractivity contribution in [2.75, 3.05) is 0 Å². The summed E-state index contributed by atoms with van der Waals surface area (Å²) < 4.78 is 45.9. The second kappa shape index (κ2) is 6.17. The highest BCUT2D eigenvalue weighted by molar-refractivity contribution is 6.83. The zero-order valence-electron chi connectivity index (χ0n) is 13.5. The monoisotopic (exact) mass is 328 g/mol. The SMILES string of the molecule is CC(C)(C)OC(=O)c1c(C#C[Si](C)(C)C)cc(F)c(F)c1F. The van der Waals surface area contributed by atoms with Crippen LogP contribution < -0.4 is 0 Å². The normalized spacial score (nSPS) is 11.7. The Morgan fingerprint density at radius 1 is 1.14 bits per heavy atom. The number of halogens is 3. The summed E-state index contributed by atoms with van der Waals surface area (Å²) in [6, 6.07) is 0.727. The molecule has 0 aromatic heterocycles. The largest absolute Gasteiger partial charge is 0.456 e. The molecule has 2 nitrogen and oxygen atoms in total. The lowest BCUT2D eigenvalue weighted by Crippen LogP contribution is -2.25. The predicted octanol–water partition coefficient (Wildman–Crippen LogP) is 4.29. The molecule has 0 fully saturated rings. The van der Waals surface area contributed by atoms with Gasteiger partial charge in [0.25, 0.3) is 0 Å². The molecule has 0 N–H and O–H groups in total. The number of hydrogen-bond acceptors (Lipinski definition) is 2. The molecule has 22 heavy (non-hydrogen) atoms. The number of hydrogen-bond donors (Lipinski definition) is 0. The molecule has 0 amide bonds. The van der Waals surface area contributed by atoms with Gasteiger partial charge in [0, 0.05) is 5.56 Å². The van der Waals surface area contributed by atoms with Crippen LogP contribution in [0.3, 0.4) is 0 Å². The fourth-order valence-corrected chi connectivity index (χ4v) is 1.99. The molecule has 0 spiro atoms. The Morgan fingerprint density at radius 2 is 1.68 bits per heavy atom. The molecular formula is C16H19F3O2Si. The van der Waals surface area contributed by atoms with Crippen LogP contribution >= 0.6 is 0 Å². The summed E-state index contributed by atoms with van der Waals surface area (Å²) in [5.41, 5.74) is 1.14. The summed E-state index contributed by atoms with van der Waals surface area (Å²) in [7, 11) is -1.84. The van der Waals surface area contributed by atoms with Gasteiger partial charge in [0.2, 0.25) is 0 Å². The third-order valence-corrected chi connectivity index (χ3v) is 3.21. The van der Waals surface area contributed by atoms with Crippen molar-refractivity contribution in [1.29, 1.82) is 0 Å². The molecule has 0 bridgehead atoms. The maximum absolute atomic E-state index is 14.0. The van der Waals surface area contributed by atoms with E-state index in [0.717, 1.165) is 6.07 Å². The average molecular weight is 328 g/mol. The van der Waals surface area contributed by atoms with Crippen LogP contribution in [0.15, 0.2) is 6.07 Å². The van der Waals surface area contributed by atoms with Crippen LogP contribution in [-0.2, 0) is 4.74 Å². The fourth-order valence-electron chi connectivity index (χ4n) is 1.48. The number of rotatable bonds is 1. The summed E-state index contributed by atoms with van der Waals surface area (Å²) >= 11 is 0. The first-order valence-corrected chi connectivity index (χ1v) is 10.3. The zero-order valence-corrected chi connectivity index (χ0v) is 14.5. The molecule has 1 rings (SSSR count). The van der Waals surface area contributed by atoms with Gasteiger partial charge < -0.3 is 4.74 Å². The van der Waals surface area contributed by atoms with Crippen molar-refractivity contribution >= 4 is 14.0 Å². The van der Waals surface area contributed by atoms with Gasteiger partial charge in [-0.05, 0) is 26.8 Å². The van der Waals surface area contributed by atoms with Gasteiger partial charge in [-0.2, -0.15) is 0 Å². The quantitative estimate of drug-likeness (QED) is 0.333. The number of benzene rings is 1. The topological polar surface area (TPSA) is 26.3 Å². The minimum Gasteiger partial charge on any atom is -0.456 e. The van der Waals surface area contributed by atoms with Crippen LogP contribution in [0.2, 0.25) is 19.6 Å². The van der Waals surface area contributed by atoms with E-state index in [9.17, 15) is 18.0 Å². The molecule has 0 radical (unpaired) electrons. The molecule has 0 aliphatic carbocycles. The van der Waals surface area contributed by atoms with Crippen molar-refractivity contribution in [2.45, 2.75) is 46.0 Å². The first-order valence-electron chi connectivity index (χ1n) is 6.76. The molecule has 6 heteroatoms. The lowest BCUT2D eigenvalue weighted by Gasteiger charge is -2.20. The molecule has 0 saturated carbocycles. The first-order chi connectivity index (χ1) is 9.82. The Balaban J connectivity index is 3.49. The molecule has 0 unspecified atom stereocenters. The highest BCUT2D eigenvalue weighted by atomic mass is 28.3. The van der Waals surface area contributed by atoms with Gasteiger partial charge in [0.1, 0.15) is 19.2 Å². The van der Waals surface area contributed by atoms with Crippen molar-refractivity contribution < 1.29 is 22.7 Å². The van der Waals surface area contributed by atoms with Gasteiger partial charge in [-0.25, -0.2) is 18.0 Å². The van der Waals surface area contributed by atoms with Crippen LogP contribution in [0.1, 0.15) is 36.7 Å². The molecular weight excluding hydrogens is 309 g/mol. The number of carbonyl (C=O) groups is 1. The van der Waals surface area contributed by atoms with E-state index in [4.69, 9.17) is 4.74 Å². The molecule has 1 aromatic carbocycles. The smallest absolute Gasteiger partial charge is 0.343 e. The second-order valence-corrected chi connectivity index (χ2v) is 11.7. The van der Waals surface area contributed by atoms with E-state index in [1.807, 2.05) is 19.6 Å². The van der Waals surface area contributed by atoms with Crippen molar-refractivity contribution in [3.63, 3.8) is 0 Å². The van der Waals surface area contributed by atoms with Crippen molar-refractivity contribution in [3.8, 4) is 11.5 Å². The van der Waals surface area contributed by atoms with E-state index in [1.165, 1.54) is 0 Å². The lowest BCUT2D eigenvalue weighted by atomic mass is 10.1. The van der Waals surface area contributed by atoms with E-state index in [1.54, 1.807) is 20.8 Å². The van der Waals surface area contributed by atoms with E-state index >= 15 is 0 Å². The highest BCUT2D eigenvalue weighted by Crippen LogP contribution is 2.23. The molecule has 0 aliphatic rings. The number of esters is 1. The Morgan fingerprint density at radius 3 is 2.14 bits per heavy atom. The van der Waals surface area contributed by atoms with E-state index < -0.39 is 42.7 Å². The first kappa shape index (κ1) is 18.3. The predicted molar refractivity (Wildman–Crippen MR) is 81.7 cm³/mol. The Hall–Kier alpha value is -1.74. The standard InChI is InChI=1S/C16H19F3O2Si/c1-16(2,3)21-15(20)12-10(7-8-22(4,5)6)9-11(17)13(18)14(12)19/h9H,1-6H3. The van der Waals surface area contributed by atoms with Crippen LogP contribution in [-0.4, -0.2) is 19.6 Å². The number of carbonyl (C=O) groups excluding carboxylic acids is 1. The van der Waals surface area contributed by atoms with Gasteiger partial charge in [-0.1, -0.05) is 25.6 Å². The fraction of sp³-hybridized carbons (Fsp3) is 0.438. The molecule has 0 aliphatic heterocycles. The van der Waals surface area contributed by atoms with Crippen LogP contribution in [0.4, 0.5) is 13.2 Å². The Kier molecular flexibility index (Phi) is 5.13. The lowest BCUT2D eigenvalue weighted by molar-refractivity contribution is 0.00631. The molecule has 0 atom stereocenters. The summed E-state index contributed by atoms with van der Waals surface area (Å²) in [5.74, 6) is -3.14. The molecule has 120 valence electrons. The van der Waals surface area contributed by atoms with E-state index in [0.29, 0.717) is 0 Å². The van der Waals surface area contributed by atoms with Crippen molar-refractivity contribution in [2.24, 2.45) is 0 Å². The third-order valence-electron chi connectivity index (χ3n) is 2.34. The average Bonchev–Trinajstić information content (AvgIpc) is 2.30. The summed E-state index contributed by atoms with van der Waals surface area (Å²) in [5, 5.41) is 0. The van der Waals surface area contributed by atoms with Gasteiger partial charge in [0.15, 0.2) is 17.5 Å². The Bertz CT molecular complexity index is 659. The van der Waals surface area contributed by atoms with E-state index in [2.05, 4.69) is 11.5 Å². The van der Waals surface area contributed by atoms with Gasteiger partial charge in [0.05, 0.1) is 0 Å². The third kappa shape index (κ3) is 4.92. The van der Waals surface area contributed by atoms with Crippen molar-refractivity contribution in [1.82, 2.24) is 0 Å². The molecule has 1 aromatic rings. The van der Waals surface area contributed by atoms with Crippen LogP contribution in [0, 0.1) is 28.9 Å². The van der Waals surface area contributed by atoms with Gasteiger partial charge >= 0.3 is 5.97 Å². The second-order valence-electron chi connectivity index (χ2n) is 6.91. The Labute approximate surface area is 129 Å². The van der Waals surface area contributed by atoms with Crippen molar-refractivity contribution in [3.05, 3.63) is 34.6 Å². The minimum atomic E-state index is -1.84. The van der Waals surface area contributed by atoms with Crippen LogP contribution in [0.25, 0.3) is 0 Å². The maximum Gasteiger partial charge on any atom is 0.343 e. The highest BCUT2D eigenvalue weighted by Gasteiger charge is 2.27. The minimum absolute atomic E-state index is 0.201. The van der Waals surface area contributed by atoms with E-state index in [-0.39, 0.29) is 5.56 Å². The molecule has 0 heterocycles. The van der Waals surface area contributed by atoms with Gasteiger partial charge in [-0.3, -0.25) is 0 Å². The maximum atomic E-state index is 14.0. The van der Waals surface area contributed by atoms with Crippen LogP contribution in [0.5, 0.6) is 0 Å². The molecule has 0 saturated heterocycles. The van der Waals surface area contributed by atoms with Gasteiger partial charge in [-0.15, -0.1) is 5.54 Å². The summed E-state index contributed by atoms with van der Waals surface area (Å²) in [6.45, 7) is 10.6. The zero-order chi connectivity index (χ0) is 17.3. The summed E-state index contributed by atoms with van der Waals surface area (Å²) in [4.78, 5) is 12.1. The number of ether oxygens (including phenoxy) is 1.